The van der Waals surface area contributed by atoms with Crippen molar-refractivity contribution in [2.45, 2.75) is 26.3 Å². The summed E-state index contributed by atoms with van der Waals surface area (Å²) in [6.07, 6.45) is 0. The Balaban J connectivity index is 1.45. The van der Waals surface area contributed by atoms with Gasteiger partial charge >= 0.3 is 0 Å². The molecule has 2 heteroatoms. The maximum Gasteiger partial charge on any atom is 0.0402 e. The van der Waals surface area contributed by atoms with Gasteiger partial charge in [0.15, 0.2) is 0 Å². The minimum absolute atomic E-state index is 0.562. The number of benzene rings is 3. The topological polar surface area (TPSA) is 6.48 Å². The molecule has 0 aliphatic carbocycles. The first-order chi connectivity index (χ1) is 13.7. The van der Waals surface area contributed by atoms with Crippen molar-refractivity contribution in [1.82, 2.24) is 4.90 Å². The van der Waals surface area contributed by atoms with Crippen LogP contribution in [0, 0.1) is 0 Å². The van der Waals surface area contributed by atoms with E-state index in [-0.39, 0.29) is 0 Å². The summed E-state index contributed by atoms with van der Waals surface area (Å²) in [4.78, 5) is 5.16. The number of anilines is 1. The zero-order chi connectivity index (χ0) is 19.3. The van der Waals surface area contributed by atoms with Gasteiger partial charge in [-0.15, -0.1) is 0 Å². The van der Waals surface area contributed by atoms with Gasteiger partial charge in [0.25, 0.3) is 0 Å². The molecule has 0 N–H and O–H groups in total. The van der Waals surface area contributed by atoms with E-state index in [1.807, 2.05) is 0 Å². The molecule has 144 valence electrons. The summed E-state index contributed by atoms with van der Waals surface area (Å²) in [7, 11) is 0. The van der Waals surface area contributed by atoms with Crippen molar-refractivity contribution in [1.29, 1.82) is 0 Å². The molecule has 0 aromatic heterocycles. The van der Waals surface area contributed by atoms with Crippen LogP contribution in [0.1, 0.15) is 30.9 Å². The first-order valence-corrected chi connectivity index (χ1v) is 10.4. The highest BCUT2D eigenvalue weighted by Gasteiger charge is 2.20. The number of piperazine rings is 1. The molecule has 0 radical (unpaired) electrons. The van der Waals surface area contributed by atoms with Gasteiger partial charge in [-0.05, 0) is 34.2 Å². The van der Waals surface area contributed by atoms with E-state index >= 15 is 0 Å². The summed E-state index contributed by atoms with van der Waals surface area (Å²) in [5.74, 6) is 0.562. The quantitative estimate of drug-likeness (QED) is 0.560. The van der Waals surface area contributed by atoms with Crippen LogP contribution in [0.4, 0.5) is 5.69 Å². The fourth-order valence-electron chi connectivity index (χ4n) is 4.21. The summed E-state index contributed by atoms with van der Waals surface area (Å²) in [5, 5.41) is 0. The van der Waals surface area contributed by atoms with Crippen molar-refractivity contribution in [3.63, 3.8) is 0 Å². The molecule has 0 saturated carbocycles. The Labute approximate surface area is 169 Å². The minimum Gasteiger partial charge on any atom is -0.369 e. The molecule has 1 heterocycles. The molecule has 0 amide bonds. The van der Waals surface area contributed by atoms with Gasteiger partial charge in [0.05, 0.1) is 0 Å². The largest absolute Gasteiger partial charge is 0.369 e. The van der Waals surface area contributed by atoms with Crippen molar-refractivity contribution >= 4 is 5.69 Å². The maximum absolute atomic E-state index is 2.59. The molecule has 2 nitrogen and oxygen atoms in total. The molecule has 1 saturated heterocycles. The van der Waals surface area contributed by atoms with E-state index in [9.17, 15) is 0 Å². The van der Waals surface area contributed by atoms with Crippen LogP contribution in [-0.4, -0.2) is 31.1 Å². The Morgan fingerprint density at radius 1 is 0.714 bits per heavy atom. The minimum atomic E-state index is 0.562. The second-order valence-corrected chi connectivity index (χ2v) is 8.00. The number of rotatable bonds is 5. The normalized spacial score (nSPS) is 15.2. The highest BCUT2D eigenvalue weighted by molar-refractivity contribution is 5.67. The van der Waals surface area contributed by atoms with E-state index < -0.39 is 0 Å². The van der Waals surface area contributed by atoms with E-state index in [1.54, 1.807) is 0 Å². The van der Waals surface area contributed by atoms with E-state index in [2.05, 4.69) is 103 Å². The van der Waals surface area contributed by atoms with Gasteiger partial charge in [-0.1, -0.05) is 86.6 Å². The van der Waals surface area contributed by atoms with Gasteiger partial charge in [0.2, 0.25) is 0 Å². The van der Waals surface area contributed by atoms with Crippen molar-refractivity contribution in [2.75, 3.05) is 31.1 Å². The van der Waals surface area contributed by atoms with E-state index in [4.69, 9.17) is 0 Å². The molecule has 0 atom stereocenters. The Morgan fingerprint density at radius 2 is 1.36 bits per heavy atom. The Bertz CT molecular complexity index is 893. The molecule has 3 aromatic carbocycles. The molecule has 4 rings (SSSR count). The van der Waals surface area contributed by atoms with Crippen molar-refractivity contribution in [3.05, 3.63) is 90.0 Å². The van der Waals surface area contributed by atoms with Crippen LogP contribution in [0.2, 0.25) is 0 Å². The summed E-state index contributed by atoms with van der Waals surface area (Å²) in [6.45, 7) is 10.00. The van der Waals surface area contributed by atoms with Gasteiger partial charge < -0.3 is 4.90 Å². The summed E-state index contributed by atoms with van der Waals surface area (Å²) >= 11 is 0. The second-order valence-electron chi connectivity index (χ2n) is 8.00. The lowest BCUT2D eigenvalue weighted by Gasteiger charge is -2.37. The third-order valence-corrected chi connectivity index (χ3v) is 5.77. The Morgan fingerprint density at radius 3 is 2.11 bits per heavy atom. The molecule has 3 aromatic rings. The molecule has 0 bridgehead atoms. The summed E-state index contributed by atoms with van der Waals surface area (Å²) in [5.41, 5.74) is 6.97. The van der Waals surface area contributed by atoms with Gasteiger partial charge in [-0.3, -0.25) is 4.90 Å². The number of hydrogen-bond acceptors (Lipinski definition) is 2. The van der Waals surface area contributed by atoms with Gasteiger partial charge in [0.1, 0.15) is 0 Å². The monoisotopic (exact) mass is 370 g/mol. The molecule has 1 aliphatic rings. The van der Waals surface area contributed by atoms with Crippen LogP contribution in [0.15, 0.2) is 78.9 Å². The lowest BCUT2D eigenvalue weighted by molar-refractivity contribution is 0.250. The van der Waals surface area contributed by atoms with Crippen LogP contribution >= 0.6 is 0 Å². The van der Waals surface area contributed by atoms with Crippen LogP contribution < -0.4 is 4.90 Å². The average molecular weight is 371 g/mol. The fraction of sp³-hybridized carbons (Fsp3) is 0.308. The fourth-order valence-corrected chi connectivity index (χ4v) is 4.21. The van der Waals surface area contributed by atoms with Crippen LogP contribution in [0.5, 0.6) is 0 Å². The van der Waals surface area contributed by atoms with Crippen LogP contribution in [0.3, 0.4) is 0 Å². The summed E-state index contributed by atoms with van der Waals surface area (Å²) < 4.78 is 0. The van der Waals surface area contributed by atoms with Crippen molar-refractivity contribution in [2.24, 2.45) is 0 Å². The predicted molar refractivity (Wildman–Crippen MR) is 120 cm³/mol. The van der Waals surface area contributed by atoms with E-state index in [0.717, 1.165) is 32.7 Å². The second kappa shape index (κ2) is 8.62. The number of hydrogen-bond donors (Lipinski definition) is 0. The van der Waals surface area contributed by atoms with Crippen molar-refractivity contribution < 1.29 is 0 Å². The molecule has 1 fully saturated rings. The molecule has 1 aliphatic heterocycles. The highest BCUT2D eigenvalue weighted by Crippen LogP contribution is 2.29. The maximum atomic E-state index is 2.59. The summed E-state index contributed by atoms with van der Waals surface area (Å²) in [6, 6.07) is 28.5. The molecule has 0 spiro atoms. The highest BCUT2D eigenvalue weighted by atomic mass is 15.3. The molecular weight excluding hydrogens is 340 g/mol. The smallest absolute Gasteiger partial charge is 0.0402 e. The molecular formula is C26H30N2. The van der Waals surface area contributed by atoms with Crippen LogP contribution in [0.25, 0.3) is 11.1 Å². The Hall–Kier alpha value is -2.58. The number of para-hydroxylation sites is 1. The molecule has 0 unspecified atom stereocenters. The molecule has 28 heavy (non-hydrogen) atoms. The number of nitrogens with zero attached hydrogens (tertiary/aromatic N) is 2. The lowest BCUT2D eigenvalue weighted by Crippen LogP contribution is -2.46. The first kappa shape index (κ1) is 18.8. The van der Waals surface area contributed by atoms with Crippen molar-refractivity contribution in [3.8, 4) is 11.1 Å². The lowest BCUT2D eigenvalue weighted by atomic mass is 9.99. The SMILES string of the molecule is CC(C)c1ccccc1N1CCN(Cc2ccccc2-c2ccccc2)CC1. The zero-order valence-corrected chi connectivity index (χ0v) is 17.0. The predicted octanol–water partition coefficient (Wildman–Crippen LogP) is 5.80. The third kappa shape index (κ3) is 4.13. The van der Waals surface area contributed by atoms with Gasteiger partial charge in [-0.25, -0.2) is 0 Å². The third-order valence-electron chi connectivity index (χ3n) is 5.77. The van der Waals surface area contributed by atoms with Crippen LogP contribution in [-0.2, 0) is 6.54 Å². The van der Waals surface area contributed by atoms with Gasteiger partial charge in [0, 0.05) is 38.4 Å². The zero-order valence-electron chi connectivity index (χ0n) is 17.0. The first-order valence-electron chi connectivity index (χ1n) is 10.4. The van der Waals surface area contributed by atoms with E-state index in [1.165, 1.54) is 27.9 Å². The average Bonchev–Trinajstić information content (AvgIpc) is 2.75. The van der Waals surface area contributed by atoms with Gasteiger partial charge in [-0.2, -0.15) is 0 Å². The Kier molecular flexibility index (Phi) is 5.78. The van der Waals surface area contributed by atoms with E-state index in [0.29, 0.717) is 5.92 Å². The standard InChI is InChI=1S/C26H30N2/c1-21(2)24-13-8-9-15-26(24)28-18-16-27(17-19-28)20-23-12-6-7-14-25(23)22-10-4-3-5-11-22/h3-15,21H,16-20H2,1-2H3.